The fourth-order valence-electron chi connectivity index (χ4n) is 4.44. The number of hydrogen-bond donors (Lipinski definition) is 1. The van der Waals surface area contributed by atoms with Gasteiger partial charge in [-0.05, 0) is 52.9 Å². The Labute approximate surface area is 154 Å². The molecule has 2 bridgehead atoms. The maximum Gasteiger partial charge on any atom is 0.244 e. The first-order chi connectivity index (χ1) is 13.1. The molecule has 2 aromatic rings. The van der Waals surface area contributed by atoms with Crippen LogP contribution in [0.5, 0.6) is 0 Å². The number of allylic oxidation sites excluding steroid dienone is 2. The summed E-state index contributed by atoms with van der Waals surface area (Å²) >= 11 is 0. The highest BCUT2D eigenvalue weighted by Crippen LogP contribution is 2.52. The van der Waals surface area contributed by atoms with Crippen LogP contribution in [-0.2, 0) is 14.4 Å². The van der Waals surface area contributed by atoms with Crippen molar-refractivity contribution in [2.75, 3.05) is 11.9 Å². The van der Waals surface area contributed by atoms with E-state index < -0.39 is 5.91 Å². The van der Waals surface area contributed by atoms with E-state index in [1.165, 1.54) is 11.0 Å². The van der Waals surface area contributed by atoms with Gasteiger partial charge in [0.05, 0.1) is 17.5 Å². The molecule has 2 fully saturated rings. The largest absolute Gasteiger partial charge is 0.325 e. The van der Waals surface area contributed by atoms with E-state index in [0.717, 1.165) is 17.0 Å². The summed E-state index contributed by atoms with van der Waals surface area (Å²) in [5.41, 5.74) is 1.32. The summed E-state index contributed by atoms with van der Waals surface area (Å²) in [5, 5.41) is 13.7. The minimum absolute atomic E-state index is 0.142. The molecule has 0 radical (unpaired) electrons. The summed E-state index contributed by atoms with van der Waals surface area (Å²) in [6.45, 7) is -0.251. The van der Waals surface area contributed by atoms with Gasteiger partial charge in [0, 0.05) is 5.69 Å². The zero-order valence-electron chi connectivity index (χ0n) is 14.2. The van der Waals surface area contributed by atoms with E-state index >= 15 is 0 Å². The van der Waals surface area contributed by atoms with Gasteiger partial charge in [-0.25, -0.2) is 4.68 Å². The van der Waals surface area contributed by atoms with Crippen LogP contribution in [0.25, 0.3) is 5.69 Å². The van der Waals surface area contributed by atoms with Crippen LogP contribution >= 0.6 is 0 Å². The molecular formula is C18H16N6O3. The first-order valence-electron chi connectivity index (χ1n) is 8.78. The molecule has 2 heterocycles. The van der Waals surface area contributed by atoms with Crippen LogP contribution in [0.3, 0.4) is 0 Å². The van der Waals surface area contributed by atoms with Gasteiger partial charge in [0.2, 0.25) is 17.7 Å². The number of nitrogens with zero attached hydrogens (tertiary/aromatic N) is 5. The first kappa shape index (κ1) is 15.9. The second-order valence-corrected chi connectivity index (χ2v) is 7.11. The van der Waals surface area contributed by atoms with E-state index in [1.807, 2.05) is 12.2 Å². The van der Waals surface area contributed by atoms with Crippen LogP contribution in [0.1, 0.15) is 6.42 Å². The monoisotopic (exact) mass is 364 g/mol. The van der Waals surface area contributed by atoms with E-state index in [-0.39, 0.29) is 42.0 Å². The SMILES string of the molecule is O=C(CN1C(=O)[C@@H]2[C@@H](C1=O)[C@H]1C=C[C@H]2C1)Nc1ccc(-n2cnnn2)cc1. The maximum atomic E-state index is 12.6. The van der Waals surface area contributed by atoms with E-state index in [4.69, 9.17) is 0 Å². The molecule has 2 aliphatic carbocycles. The van der Waals surface area contributed by atoms with Crippen LogP contribution in [0, 0.1) is 23.7 Å². The molecule has 9 nitrogen and oxygen atoms in total. The Morgan fingerprint density at radius 1 is 1.07 bits per heavy atom. The third kappa shape index (κ3) is 2.46. The van der Waals surface area contributed by atoms with E-state index in [1.54, 1.807) is 24.3 Å². The van der Waals surface area contributed by atoms with Crippen molar-refractivity contribution in [2.45, 2.75) is 6.42 Å². The van der Waals surface area contributed by atoms with Gasteiger partial charge < -0.3 is 5.32 Å². The lowest BCUT2D eigenvalue weighted by molar-refractivity contribution is -0.143. The Balaban J connectivity index is 1.25. The Kier molecular flexibility index (Phi) is 3.43. The highest BCUT2D eigenvalue weighted by molar-refractivity contribution is 6.09. The molecule has 3 amide bonds. The van der Waals surface area contributed by atoms with Crippen LogP contribution in [0.2, 0.25) is 0 Å². The van der Waals surface area contributed by atoms with Crippen LogP contribution in [-0.4, -0.2) is 49.4 Å². The molecule has 1 saturated carbocycles. The first-order valence-corrected chi connectivity index (χ1v) is 8.78. The minimum atomic E-state index is -0.396. The highest BCUT2D eigenvalue weighted by atomic mass is 16.2. The number of anilines is 1. The van der Waals surface area contributed by atoms with Crippen LogP contribution in [0.15, 0.2) is 42.7 Å². The summed E-state index contributed by atoms with van der Waals surface area (Å²) in [6.07, 6.45) is 6.41. The van der Waals surface area contributed by atoms with Crippen molar-refractivity contribution < 1.29 is 14.4 Å². The second kappa shape index (κ2) is 5.83. The summed E-state index contributed by atoms with van der Waals surface area (Å²) < 4.78 is 1.49. The van der Waals surface area contributed by atoms with Gasteiger partial charge in [0.1, 0.15) is 12.9 Å². The van der Waals surface area contributed by atoms with Gasteiger partial charge in [0.15, 0.2) is 0 Å². The van der Waals surface area contributed by atoms with Gasteiger partial charge in [-0.15, -0.1) is 5.10 Å². The fourth-order valence-corrected chi connectivity index (χ4v) is 4.44. The van der Waals surface area contributed by atoms with E-state index in [2.05, 4.69) is 20.8 Å². The topological polar surface area (TPSA) is 110 Å². The third-order valence-corrected chi connectivity index (χ3v) is 5.63. The molecule has 0 spiro atoms. The number of imide groups is 1. The van der Waals surface area contributed by atoms with Crippen molar-refractivity contribution in [2.24, 2.45) is 23.7 Å². The number of carbonyl (C=O) groups is 3. The zero-order valence-corrected chi connectivity index (χ0v) is 14.2. The molecular weight excluding hydrogens is 348 g/mol. The summed E-state index contributed by atoms with van der Waals surface area (Å²) in [6, 6.07) is 6.93. The van der Waals surface area contributed by atoms with Crippen molar-refractivity contribution in [3.05, 3.63) is 42.7 Å². The van der Waals surface area contributed by atoms with Gasteiger partial charge >= 0.3 is 0 Å². The number of hydrogen-bond acceptors (Lipinski definition) is 6. The minimum Gasteiger partial charge on any atom is -0.325 e. The number of rotatable bonds is 4. The van der Waals surface area contributed by atoms with Gasteiger partial charge in [-0.2, -0.15) is 0 Å². The van der Waals surface area contributed by atoms with Gasteiger partial charge in [0.25, 0.3) is 0 Å². The molecule has 5 rings (SSSR count). The second-order valence-electron chi connectivity index (χ2n) is 7.11. The Hall–Kier alpha value is -3.36. The molecule has 1 aromatic heterocycles. The number of likely N-dealkylation sites (tertiary alicyclic amines) is 1. The number of nitrogens with one attached hydrogen (secondary N) is 1. The van der Waals surface area contributed by atoms with E-state index in [0.29, 0.717) is 5.69 Å². The standard InChI is InChI=1S/C18H16N6O3/c25-14(20-12-3-5-13(6-4-12)24-9-19-21-22-24)8-23-17(26)15-10-1-2-11(7-10)16(15)18(23)27/h1-6,9-11,15-16H,7-8H2,(H,20,25)/t10-,11-,15-,16-/m0/s1. The summed E-state index contributed by atoms with van der Waals surface area (Å²) in [4.78, 5) is 38.7. The quantitative estimate of drug-likeness (QED) is 0.621. The smallest absolute Gasteiger partial charge is 0.244 e. The number of amides is 3. The predicted octanol–water partition coefficient (Wildman–Crippen LogP) is 0.408. The Bertz CT molecular complexity index is 922. The van der Waals surface area contributed by atoms with Crippen molar-refractivity contribution in [3.8, 4) is 5.69 Å². The van der Waals surface area contributed by atoms with Crippen molar-refractivity contribution in [1.82, 2.24) is 25.1 Å². The van der Waals surface area contributed by atoms with Crippen molar-refractivity contribution in [1.29, 1.82) is 0 Å². The molecule has 1 aromatic carbocycles. The molecule has 136 valence electrons. The molecule has 1 N–H and O–H groups in total. The number of aromatic nitrogens is 4. The Morgan fingerprint density at radius 2 is 1.74 bits per heavy atom. The number of tetrazole rings is 1. The van der Waals surface area contributed by atoms with Gasteiger partial charge in [-0.1, -0.05) is 12.2 Å². The molecule has 27 heavy (non-hydrogen) atoms. The average molecular weight is 364 g/mol. The lowest BCUT2D eigenvalue weighted by atomic mass is 9.85. The predicted molar refractivity (Wildman–Crippen MR) is 92.2 cm³/mol. The number of benzene rings is 1. The Morgan fingerprint density at radius 3 is 2.33 bits per heavy atom. The molecule has 1 aliphatic heterocycles. The van der Waals surface area contributed by atoms with E-state index in [9.17, 15) is 14.4 Å². The number of fused-ring (bicyclic) bond motifs is 5. The molecule has 9 heteroatoms. The van der Waals surface area contributed by atoms with Gasteiger partial charge in [-0.3, -0.25) is 19.3 Å². The lowest BCUT2D eigenvalue weighted by Gasteiger charge is -2.16. The van der Waals surface area contributed by atoms with Crippen LogP contribution < -0.4 is 5.32 Å². The molecule has 4 atom stereocenters. The zero-order chi connectivity index (χ0) is 18.5. The lowest BCUT2D eigenvalue weighted by Crippen LogP contribution is -2.39. The average Bonchev–Trinajstić information content (AvgIpc) is 3.44. The molecule has 1 saturated heterocycles. The maximum absolute atomic E-state index is 12.6. The summed E-state index contributed by atoms with van der Waals surface area (Å²) in [5.74, 6) is -1.11. The molecule has 0 unspecified atom stereocenters. The number of carbonyl (C=O) groups excluding carboxylic acids is 3. The molecule has 3 aliphatic rings. The summed E-state index contributed by atoms with van der Waals surface area (Å²) in [7, 11) is 0. The van der Waals surface area contributed by atoms with Crippen LogP contribution in [0.4, 0.5) is 5.69 Å². The van der Waals surface area contributed by atoms with Crippen molar-refractivity contribution in [3.63, 3.8) is 0 Å². The highest BCUT2D eigenvalue weighted by Gasteiger charge is 2.59. The fraction of sp³-hybridized carbons (Fsp3) is 0.333. The normalized spacial score (nSPS) is 28.1. The van der Waals surface area contributed by atoms with Crippen molar-refractivity contribution >= 4 is 23.4 Å². The third-order valence-electron chi connectivity index (χ3n) is 5.63.